The third-order valence-electron chi connectivity index (χ3n) is 2.17. The van der Waals surface area contributed by atoms with Crippen molar-refractivity contribution in [1.82, 2.24) is 9.88 Å². The van der Waals surface area contributed by atoms with E-state index >= 15 is 0 Å². The predicted molar refractivity (Wildman–Crippen MR) is 60.9 cm³/mol. The Morgan fingerprint density at radius 1 is 1.73 bits per heavy atom. The van der Waals surface area contributed by atoms with E-state index in [1.54, 1.807) is 33.5 Å². The molecule has 0 bridgehead atoms. The monoisotopic (exact) mass is 244 g/mol. The van der Waals surface area contributed by atoms with Crippen LogP contribution in [-0.2, 0) is 10.5 Å². The lowest BCUT2D eigenvalue weighted by molar-refractivity contribution is -0.138. The summed E-state index contributed by atoms with van der Waals surface area (Å²) in [5.41, 5.74) is 2.82. The van der Waals surface area contributed by atoms with E-state index < -0.39 is 0 Å². The summed E-state index contributed by atoms with van der Waals surface area (Å²) in [7, 11) is 0. The predicted octanol–water partition coefficient (Wildman–Crippen LogP) is 0.579. The Balaban J connectivity index is 1.64. The van der Waals surface area contributed by atoms with Crippen LogP contribution in [-0.4, -0.2) is 45.8 Å². The highest BCUT2D eigenvalue weighted by molar-refractivity contribution is 7.99. The maximum atomic E-state index is 11.5. The standard InChI is InChI=1S/C9H12N2O2S2/c12-8-1-11(2-8)9(13)5-14-3-7-4-15-6-10-7/h4,6,8,12H,1-3,5H2. The zero-order valence-corrected chi connectivity index (χ0v) is 9.76. The number of amides is 1. The fourth-order valence-electron chi connectivity index (χ4n) is 1.30. The van der Waals surface area contributed by atoms with Crippen LogP contribution in [0.25, 0.3) is 0 Å². The van der Waals surface area contributed by atoms with Gasteiger partial charge >= 0.3 is 0 Å². The lowest BCUT2D eigenvalue weighted by Gasteiger charge is -2.35. The number of hydrogen-bond donors (Lipinski definition) is 1. The molecule has 0 saturated carbocycles. The molecule has 0 aliphatic carbocycles. The fourth-order valence-corrected chi connectivity index (χ4v) is 2.79. The van der Waals surface area contributed by atoms with Crippen molar-refractivity contribution in [2.75, 3.05) is 18.8 Å². The van der Waals surface area contributed by atoms with Gasteiger partial charge in [0.1, 0.15) is 0 Å². The molecule has 0 unspecified atom stereocenters. The fraction of sp³-hybridized carbons (Fsp3) is 0.556. The lowest BCUT2D eigenvalue weighted by Crippen LogP contribution is -2.54. The van der Waals surface area contributed by atoms with Crippen LogP contribution in [0.2, 0.25) is 0 Å². The van der Waals surface area contributed by atoms with Gasteiger partial charge in [0.25, 0.3) is 0 Å². The number of thioether (sulfide) groups is 1. The van der Waals surface area contributed by atoms with Gasteiger partial charge in [-0.3, -0.25) is 4.79 Å². The Morgan fingerprint density at radius 3 is 3.13 bits per heavy atom. The topological polar surface area (TPSA) is 53.4 Å². The molecule has 2 heterocycles. The second kappa shape index (κ2) is 4.96. The second-order valence-corrected chi connectivity index (χ2v) is 5.13. The highest BCUT2D eigenvalue weighted by atomic mass is 32.2. The van der Waals surface area contributed by atoms with E-state index in [2.05, 4.69) is 4.98 Å². The minimum Gasteiger partial charge on any atom is -0.389 e. The Bertz CT molecular complexity index is 323. The van der Waals surface area contributed by atoms with Gasteiger partial charge < -0.3 is 10.0 Å². The van der Waals surface area contributed by atoms with Crippen LogP contribution in [0, 0.1) is 0 Å². The van der Waals surface area contributed by atoms with Crippen molar-refractivity contribution in [3.8, 4) is 0 Å². The van der Waals surface area contributed by atoms with E-state index in [9.17, 15) is 4.79 Å². The SMILES string of the molecule is O=C(CSCc1cscn1)N1CC(O)C1. The molecule has 1 aliphatic rings. The molecule has 0 radical (unpaired) electrons. The number of hydrogen-bond acceptors (Lipinski definition) is 5. The second-order valence-electron chi connectivity index (χ2n) is 3.43. The summed E-state index contributed by atoms with van der Waals surface area (Å²) in [5, 5.41) is 11.0. The van der Waals surface area contributed by atoms with Crippen LogP contribution in [0.5, 0.6) is 0 Å². The average molecular weight is 244 g/mol. The summed E-state index contributed by atoms with van der Waals surface area (Å²) in [4.78, 5) is 17.3. The Morgan fingerprint density at radius 2 is 2.53 bits per heavy atom. The number of carbonyl (C=O) groups excluding carboxylic acids is 1. The van der Waals surface area contributed by atoms with Crippen molar-refractivity contribution in [3.63, 3.8) is 0 Å². The number of nitrogens with zero attached hydrogens (tertiary/aromatic N) is 2. The van der Waals surface area contributed by atoms with Gasteiger partial charge in [0.15, 0.2) is 0 Å². The molecule has 6 heteroatoms. The van der Waals surface area contributed by atoms with Crippen molar-refractivity contribution in [3.05, 3.63) is 16.6 Å². The van der Waals surface area contributed by atoms with Crippen molar-refractivity contribution < 1.29 is 9.90 Å². The summed E-state index contributed by atoms with van der Waals surface area (Å²) < 4.78 is 0. The molecule has 2 rings (SSSR count). The van der Waals surface area contributed by atoms with Crippen LogP contribution < -0.4 is 0 Å². The van der Waals surface area contributed by atoms with Gasteiger partial charge in [-0.2, -0.15) is 0 Å². The van der Waals surface area contributed by atoms with Crippen LogP contribution in [0.3, 0.4) is 0 Å². The minimum atomic E-state index is -0.308. The Labute approximate surface area is 96.3 Å². The van der Waals surface area contributed by atoms with Gasteiger partial charge in [-0.1, -0.05) is 0 Å². The molecule has 4 nitrogen and oxygen atoms in total. The number of aliphatic hydroxyl groups excluding tert-OH is 1. The lowest BCUT2D eigenvalue weighted by atomic mass is 10.2. The third-order valence-corrected chi connectivity index (χ3v) is 3.76. The minimum absolute atomic E-state index is 0.112. The molecule has 1 N–H and O–H groups in total. The van der Waals surface area contributed by atoms with E-state index in [0.29, 0.717) is 18.8 Å². The van der Waals surface area contributed by atoms with Crippen LogP contribution in [0.4, 0.5) is 0 Å². The molecule has 0 spiro atoms. The molecule has 0 atom stereocenters. The normalized spacial score (nSPS) is 16.5. The van der Waals surface area contributed by atoms with Crippen LogP contribution >= 0.6 is 23.1 Å². The molecular formula is C9H12N2O2S2. The van der Waals surface area contributed by atoms with E-state index in [0.717, 1.165) is 11.4 Å². The summed E-state index contributed by atoms with van der Waals surface area (Å²) in [6.07, 6.45) is -0.308. The highest BCUT2D eigenvalue weighted by Gasteiger charge is 2.28. The number of aromatic nitrogens is 1. The van der Waals surface area contributed by atoms with E-state index in [1.807, 2.05) is 5.38 Å². The largest absolute Gasteiger partial charge is 0.389 e. The molecule has 82 valence electrons. The van der Waals surface area contributed by atoms with Crippen molar-refractivity contribution >= 4 is 29.0 Å². The average Bonchev–Trinajstić information content (AvgIpc) is 2.65. The van der Waals surface area contributed by atoms with Gasteiger partial charge in [-0.25, -0.2) is 4.98 Å². The first-order chi connectivity index (χ1) is 7.25. The Hall–Kier alpha value is -0.590. The first-order valence-electron chi connectivity index (χ1n) is 4.66. The number of β-amino-alcohol motifs (C(OH)–C–C–N with tert-alkyl or cyclic N) is 1. The molecule has 1 aromatic heterocycles. The first kappa shape index (κ1) is 10.9. The van der Waals surface area contributed by atoms with Gasteiger partial charge in [-0.15, -0.1) is 23.1 Å². The first-order valence-corrected chi connectivity index (χ1v) is 6.76. The smallest absolute Gasteiger partial charge is 0.232 e. The van der Waals surface area contributed by atoms with Crippen molar-refractivity contribution in [2.24, 2.45) is 0 Å². The molecule has 15 heavy (non-hydrogen) atoms. The highest BCUT2D eigenvalue weighted by Crippen LogP contribution is 2.15. The summed E-state index contributed by atoms with van der Waals surface area (Å²) >= 11 is 3.14. The summed E-state index contributed by atoms with van der Waals surface area (Å²) in [6, 6.07) is 0. The van der Waals surface area contributed by atoms with Gasteiger partial charge in [0.2, 0.25) is 5.91 Å². The number of thiazole rings is 1. The zero-order chi connectivity index (χ0) is 10.7. The van der Waals surface area contributed by atoms with Gasteiger partial charge in [-0.05, 0) is 0 Å². The number of carbonyl (C=O) groups is 1. The van der Waals surface area contributed by atoms with E-state index in [-0.39, 0.29) is 12.0 Å². The van der Waals surface area contributed by atoms with E-state index in [4.69, 9.17) is 5.11 Å². The number of likely N-dealkylation sites (tertiary alicyclic amines) is 1. The molecule has 0 aromatic carbocycles. The van der Waals surface area contributed by atoms with Crippen LogP contribution in [0.1, 0.15) is 5.69 Å². The van der Waals surface area contributed by atoms with Gasteiger partial charge in [0.05, 0.1) is 23.1 Å². The molecule has 1 amide bonds. The maximum Gasteiger partial charge on any atom is 0.232 e. The Kier molecular flexibility index (Phi) is 3.61. The van der Waals surface area contributed by atoms with E-state index in [1.165, 1.54) is 0 Å². The number of aliphatic hydroxyl groups is 1. The summed E-state index contributed by atoms with van der Waals surface area (Å²) in [5.74, 6) is 1.37. The van der Waals surface area contributed by atoms with Crippen molar-refractivity contribution in [1.29, 1.82) is 0 Å². The third kappa shape index (κ3) is 2.93. The molecule has 1 fully saturated rings. The zero-order valence-electron chi connectivity index (χ0n) is 8.13. The van der Waals surface area contributed by atoms with Gasteiger partial charge in [0, 0.05) is 24.2 Å². The molecule has 1 aliphatic heterocycles. The molecular weight excluding hydrogens is 232 g/mol. The number of rotatable bonds is 4. The maximum absolute atomic E-state index is 11.5. The van der Waals surface area contributed by atoms with Crippen molar-refractivity contribution in [2.45, 2.75) is 11.9 Å². The van der Waals surface area contributed by atoms with Crippen LogP contribution in [0.15, 0.2) is 10.9 Å². The molecule has 1 saturated heterocycles. The quantitative estimate of drug-likeness (QED) is 0.842. The summed E-state index contributed by atoms with van der Waals surface area (Å²) in [6.45, 7) is 0.992. The molecule has 1 aromatic rings.